The summed E-state index contributed by atoms with van der Waals surface area (Å²) in [6.45, 7) is 0. The van der Waals surface area contributed by atoms with Crippen molar-refractivity contribution in [3.63, 3.8) is 0 Å². The lowest BCUT2D eigenvalue weighted by Gasteiger charge is -2.08. The Kier molecular flexibility index (Phi) is 3.89. The molecule has 4 rings (SSSR count). The molecule has 0 saturated heterocycles. The van der Waals surface area contributed by atoms with Crippen molar-refractivity contribution in [1.29, 1.82) is 0 Å². The molecule has 24 heavy (non-hydrogen) atoms. The summed E-state index contributed by atoms with van der Waals surface area (Å²) in [5, 5.41) is 1.69. The SMILES string of the molecule is Clc1ccc(-c2nc(Cl)nc3nc(-c4ccccc4)ccc23)cc1. The van der Waals surface area contributed by atoms with Crippen molar-refractivity contribution in [3.8, 4) is 22.5 Å². The number of fused-ring (bicyclic) bond motifs is 1. The van der Waals surface area contributed by atoms with Crippen LogP contribution in [0.25, 0.3) is 33.5 Å². The van der Waals surface area contributed by atoms with Crippen LogP contribution in [0.2, 0.25) is 10.3 Å². The molecule has 0 N–H and O–H groups in total. The third-order valence-corrected chi connectivity index (χ3v) is 4.14. The molecule has 0 aliphatic carbocycles. The average molecular weight is 352 g/mol. The first-order chi connectivity index (χ1) is 11.7. The van der Waals surface area contributed by atoms with Gasteiger partial charge in [0.25, 0.3) is 0 Å². The molecule has 0 unspecified atom stereocenters. The average Bonchev–Trinajstić information content (AvgIpc) is 2.62. The monoisotopic (exact) mass is 351 g/mol. The van der Waals surface area contributed by atoms with E-state index in [0.717, 1.165) is 27.9 Å². The van der Waals surface area contributed by atoms with Gasteiger partial charge in [-0.15, -0.1) is 0 Å². The summed E-state index contributed by atoms with van der Waals surface area (Å²) in [7, 11) is 0. The zero-order valence-electron chi connectivity index (χ0n) is 12.4. The molecule has 0 aliphatic heterocycles. The fraction of sp³-hybridized carbons (Fsp3) is 0. The Morgan fingerprint density at radius 2 is 1.38 bits per heavy atom. The predicted molar refractivity (Wildman–Crippen MR) is 98.2 cm³/mol. The lowest BCUT2D eigenvalue weighted by Crippen LogP contribution is -1.95. The van der Waals surface area contributed by atoms with Crippen molar-refractivity contribution >= 4 is 34.2 Å². The van der Waals surface area contributed by atoms with Gasteiger partial charge in [-0.25, -0.2) is 9.97 Å². The van der Waals surface area contributed by atoms with E-state index in [1.807, 2.05) is 66.7 Å². The number of halogens is 2. The molecule has 5 heteroatoms. The van der Waals surface area contributed by atoms with Crippen LogP contribution in [0, 0.1) is 0 Å². The third kappa shape index (κ3) is 2.84. The van der Waals surface area contributed by atoms with Gasteiger partial charge in [-0.2, -0.15) is 4.98 Å². The smallest absolute Gasteiger partial charge is 0.225 e. The van der Waals surface area contributed by atoms with Crippen LogP contribution in [0.5, 0.6) is 0 Å². The van der Waals surface area contributed by atoms with Crippen LogP contribution >= 0.6 is 23.2 Å². The van der Waals surface area contributed by atoms with Crippen LogP contribution in [-0.2, 0) is 0 Å². The highest BCUT2D eigenvalue weighted by Gasteiger charge is 2.11. The molecule has 0 bridgehead atoms. The van der Waals surface area contributed by atoms with E-state index in [-0.39, 0.29) is 5.28 Å². The summed E-state index contributed by atoms with van der Waals surface area (Å²) in [5.74, 6) is 0. The second-order valence-electron chi connectivity index (χ2n) is 5.28. The zero-order valence-corrected chi connectivity index (χ0v) is 14.0. The number of rotatable bonds is 2. The van der Waals surface area contributed by atoms with Gasteiger partial charge in [0.05, 0.1) is 11.4 Å². The summed E-state index contributed by atoms with van der Waals surface area (Å²) in [4.78, 5) is 13.3. The minimum atomic E-state index is 0.171. The molecule has 2 aromatic heterocycles. The summed E-state index contributed by atoms with van der Waals surface area (Å²) in [6.07, 6.45) is 0. The van der Waals surface area contributed by atoms with E-state index in [0.29, 0.717) is 10.7 Å². The molecule has 2 aromatic carbocycles. The zero-order chi connectivity index (χ0) is 16.5. The van der Waals surface area contributed by atoms with Crippen LogP contribution in [0.1, 0.15) is 0 Å². The van der Waals surface area contributed by atoms with Crippen LogP contribution in [0.4, 0.5) is 0 Å². The molecule has 0 atom stereocenters. The minimum Gasteiger partial charge on any atom is -0.228 e. The predicted octanol–water partition coefficient (Wildman–Crippen LogP) is 5.67. The molecule has 116 valence electrons. The van der Waals surface area contributed by atoms with E-state index in [1.165, 1.54) is 0 Å². The maximum absolute atomic E-state index is 6.12. The van der Waals surface area contributed by atoms with Gasteiger partial charge in [0.1, 0.15) is 0 Å². The van der Waals surface area contributed by atoms with Crippen LogP contribution < -0.4 is 0 Å². The number of hydrogen-bond donors (Lipinski definition) is 0. The van der Waals surface area contributed by atoms with Gasteiger partial charge in [-0.05, 0) is 35.9 Å². The van der Waals surface area contributed by atoms with Gasteiger partial charge in [-0.3, -0.25) is 0 Å². The molecule has 0 saturated carbocycles. The van der Waals surface area contributed by atoms with E-state index in [2.05, 4.69) is 15.0 Å². The first kappa shape index (κ1) is 15.1. The van der Waals surface area contributed by atoms with Gasteiger partial charge >= 0.3 is 0 Å². The molecular weight excluding hydrogens is 341 g/mol. The largest absolute Gasteiger partial charge is 0.228 e. The topological polar surface area (TPSA) is 38.7 Å². The molecule has 4 aromatic rings. The van der Waals surface area contributed by atoms with Crippen molar-refractivity contribution in [3.05, 3.63) is 77.0 Å². The van der Waals surface area contributed by atoms with Crippen LogP contribution in [0.15, 0.2) is 66.7 Å². The lowest BCUT2D eigenvalue weighted by molar-refractivity contribution is 1.18. The Labute approximate surface area is 148 Å². The van der Waals surface area contributed by atoms with Crippen LogP contribution in [0.3, 0.4) is 0 Å². The summed E-state index contributed by atoms with van der Waals surface area (Å²) >= 11 is 12.1. The second kappa shape index (κ2) is 6.19. The Morgan fingerprint density at radius 1 is 0.625 bits per heavy atom. The first-order valence-electron chi connectivity index (χ1n) is 7.36. The van der Waals surface area contributed by atoms with Crippen molar-refractivity contribution in [2.45, 2.75) is 0 Å². The van der Waals surface area contributed by atoms with E-state index in [1.54, 1.807) is 0 Å². The van der Waals surface area contributed by atoms with Crippen molar-refractivity contribution in [2.24, 2.45) is 0 Å². The Bertz CT molecular complexity index is 1020. The lowest BCUT2D eigenvalue weighted by atomic mass is 10.1. The third-order valence-electron chi connectivity index (χ3n) is 3.72. The summed E-state index contributed by atoms with van der Waals surface area (Å²) in [5.41, 5.74) is 4.11. The van der Waals surface area contributed by atoms with E-state index in [4.69, 9.17) is 23.2 Å². The summed E-state index contributed by atoms with van der Waals surface area (Å²) in [6, 6.07) is 21.4. The number of nitrogens with zero attached hydrogens (tertiary/aromatic N) is 3. The molecule has 0 fully saturated rings. The Hall–Kier alpha value is -2.49. The molecule has 2 heterocycles. The van der Waals surface area contributed by atoms with Gasteiger partial charge in [0.15, 0.2) is 5.65 Å². The Morgan fingerprint density at radius 3 is 2.12 bits per heavy atom. The van der Waals surface area contributed by atoms with Gasteiger partial charge in [0.2, 0.25) is 5.28 Å². The molecule has 0 amide bonds. The van der Waals surface area contributed by atoms with Crippen molar-refractivity contribution < 1.29 is 0 Å². The highest BCUT2D eigenvalue weighted by Crippen LogP contribution is 2.29. The normalized spacial score (nSPS) is 10.9. The van der Waals surface area contributed by atoms with E-state index < -0.39 is 0 Å². The summed E-state index contributed by atoms with van der Waals surface area (Å²) < 4.78 is 0. The maximum atomic E-state index is 6.12. The van der Waals surface area contributed by atoms with Crippen molar-refractivity contribution in [2.75, 3.05) is 0 Å². The molecule has 0 aliphatic rings. The fourth-order valence-corrected chi connectivity index (χ4v) is 2.87. The number of benzene rings is 2. The number of hydrogen-bond acceptors (Lipinski definition) is 3. The van der Waals surface area contributed by atoms with Gasteiger partial charge in [0, 0.05) is 21.5 Å². The first-order valence-corrected chi connectivity index (χ1v) is 8.12. The molecule has 0 radical (unpaired) electrons. The van der Waals surface area contributed by atoms with Crippen LogP contribution in [-0.4, -0.2) is 15.0 Å². The van der Waals surface area contributed by atoms with Crippen molar-refractivity contribution in [1.82, 2.24) is 15.0 Å². The van der Waals surface area contributed by atoms with Gasteiger partial charge in [-0.1, -0.05) is 54.1 Å². The number of pyridine rings is 1. The van der Waals surface area contributed by atoms with Gasteiger partial charge < -0.3 is 0 Å². The number of aromatic nitrogens is 3. The molecule has 0 spiro atoms. The second-order valence-corrected chi connectivity index (χ2v) is 6.06. The Balaban J connectivity index is 1.92. The molecular formula is C19H11Cl2N3. The van der Waals surface area contributed by atoms with E-state index >= 15 is 0 Å². The fourth-order valence-electron chi connectivity index (χ4n) is 2.58. The quantitative estimate of drug-likeness (QED) is 0.437. The molecule has 3 nitrogen and oxygen atoms in total. The minimum absolute atomic E-state index is 0.171. The van der Waals surface area contributed by atoms with E-state index in [9.17, 15) is 0 Å². The highest BCUT2D eigenvalue weighted by atomic mass is 35.5. The maximum Gasteiger partial charge on any atom is 0.225 e. The standard InChI is InChI=1S/C19H11Cl2N3/c20-14-8-6-13(7-9-14)17-15-10-11-16(12-4-2-1-3-5-12)22-18(15)24-19(21)23-17/h1-11H. The highest BCUT2D eigenvalue weighted by molar-refractivity contribution is 6.30.